The standard InChI is InChI=1S/C109H86F2N2Si2/c1-107(2)101-69-75(37-39-77-43-65-97-99-67-57-85(73-105(99)108(3,4)103(97)71-77)112(81-49-45-79(110)46-50-81)83-53-59-93(60-54-83)114(87-25-13-7-14-26-87,88-27-15-8-16-28-88)89-29-17-9-18-30-89)41-63-95(101)96-64-42-76(70-102(96)107)38-40-78-44-66-98-100-68-58-86(74-106(100)109(5,6)104(98)72-78)113(82-51-47-80(111)48-52-82)84-55-61-94(62-56-84)115(90-31-19-10-20-32-90,91-33-21-11-22-34-91)92-35-23-12-24-36-92/h7-74H,1-6H3. The van der Waals surface area contributed by atoms with Crippen LogP contribution in [0.25, 0.3) is 57.7 Å². The molecule has 0 bridgehead atoms. The Balaban J connectivity index is 0.566. The molecule has 3 aliphatic rings. The number of hydrogen-bond donors (Lipinski definition) is 0. The molecule has 0 amide bonds. The number of benzene rings is 16. The zero-order valence-corrected chi connectivity index (χ0v) is 67.4. The van der Waals surface area contributed by atoms with Crippen molar-refractivity contribution in [3.05, 3.63) is 456 Å². The number of halogens is 2. The summed E-state index contributed by atoms with van der Waals surface area (Å²) in [5, 5.41) is 10.5. The lowest BCUT2D eigenvalue weighted by atomic mass is 9.81. The molecule has 19 rings (SSSR count). The Morgan fingerprint density at radius 1 is 0.200 bits per heavy atom. The second-order valence-electron chi connectivity index (χ2n) is 32.6. The first-order valence-electron chi connectivity index (χ1n) is 40.0. The van der Waals surface area contributed by atoms with Crippen molar-refractivity contribution in [2.75, 3.05) is 9.80 Å². The van der Waals surface area contributed by atoms with Crippen molar-refractivity contribution in [1.82, 2.24) is 0 Å². The second-order valence-corrected chi connectivity index (χ2v) is 40.3. The van der Waals surface area contributed by atoms with Crippen molar-refractivity contribution in [1.29, 1.82) is 0 Å². The SMILES string of the molecule is CC1(C)c2cc(C=Cc3ccc4c(c3)C(C)(C)c3cc(N(c5ccc(F)cc5)c5ccc([Si](c6ccccc6)(c6ccccc6)c6ccccc6)cc5)ccc3-4)ccc2-c2ccc(C=Cc3ccc4c(c3)C(C)(C)c3cc(N(c5ccc(F)cc5)c5ccc([Si](c6ccccc6)(c6ccccc6)c6ccccc6)cc5)ccc3-4)cc21. The van der Waals surface area contributed by atoms with Gasteiger partial charge in [0.15, 0.2) is 16.1 Å². The molecule has 0 radical (unpaired) electrons. The summed E-state index contributed by atoms with van der Waals surface area (Å²) >= 11 is 0. The molecule has 16 aromatic rings. The van der Waals surface area contributed by atoms with Crippen molar-refractivity contribution < 1.29 is 8.78 Å². The van der Waals surface area contributed by atoms with Crippen LogP contribution in [-0.4, -0.2) is 16.1 Å². The molecule has 0 unspecified atom stereocenters. The largest absolute Gasteiger partial charge is 0.310 e. The van der Waals surface area contributed by atoms with E-state index in [4.69, 9.17) is 0 Å². The maximum atomic E-state index is 14.8. The van der Waals surface area contributed by atoms with Crippen molar-refractivity contribution in [3.63, 3.8) is 0 Å². The van der Waals surface area contributed by atoms with E-state index in [2.05, 4.69) is 415 Å². The van der Waals surface area contributed by atoms with Crippen LogP contribution in [0.4, 0.5) is 42.9 Å². The predicted octanol–water partition coefficient (Wildman–Crippen LogP) is 22.9. The Kier molecular flexibility index (Phi) is 18.1. The molecule has 16 aromatic carbocycles. The molecule has 0 saturated heterocycles. The molecule has 0 aliphatic heterocycles. The zero-order valence-electron chi connectivity index (χ0n) is 65.4. The Morgan fingerprint density at radius 3 is 0.609 bits per heavy atom. The molecular weight excluding hydrogens is 1430 g/mol. The minimum atomic E-state index is -2.78. The van der Waals surface area contributed by atoms with Gasteiger partial charge in [-0.3, -0.25) is 0 Å². The average molecular weight is 1520 g/mol. The van der Waals surface area contributed by atoms with Crippen molar-refractivity contribution in [2.24, 2.45) is 0 Å². The van der Waals surface area contributed by atoms with Crippen LogP contribution in [0.1, 0.15) is 97.2 Å². The normalized spacial score (nSPS) is 13.9. The van der Waals surface area contributed by atoms with E-state index in [9.17, 15) is 8.78 Å². The Bertz CT molecular complexity index is 5820. The first kappa shape index (κ1) is 72.2. The van der Waals surface area contributed by atoms with Crippen LogP contribution in [0.3, 0.4) is 0 Å². The first-order valence-corrected chi connectivity index (χ1v) is 44.0. The van der Waals surface area contributed by atoms with Gasteiger partial charge in [-0.25, -0.2) is 8.78 Å². The van der Waals surface area contributed by atoms with Crippen LogP contribution in [0, 0.1) is 11.6 Å². The second kappa shape index (κ2) is 28.8. The molecule has 0 N–H and O–H groups in total. The van der Waals surface area contributed by atoms with Crippen LogP contribution in [-0.2, 0) is 16.2 Å². The summed E-state index contributed by atoms with van der Waals surface area (Å²) in [6, 6.07) is 140. The molecule has 554 valence electrons. The van der Waals surface area contributed by atoms with Crippen molar-refractivity contribution >= 4 is 116 Å². The molecule has 6 heteroatoms. The molecule has 0 aromatic heterocycles. The minimum absolute atomic E-state index is 0.227. The summed E-state index contributed by atoms with van der Waals surface area (Å²) in [6.07, 6.45) is 9.08. The Morgan fingerprint density at radius 2 is 0.383 bits per heavy atom. The lowest BCUT2D eigenvalue weighted by Crippen LogP contribution is -2.74. The summed E-state index contributed by atoms with van der Waals surface area (Å²) in [4.78, 5) is 4.54. The van der Waals surface area contributed by atoms with Gasteiger partial charge in [-0.1, -0.05) is 357 Å². The third-order valence-electron chi connectivity index (χ3n) is 25.1. The molecule has 3 aliphatic carbocycles. The third kappa shape index (κ3) is 12.3. The monoisotopic (exact) mass is 1520 g/mol. The van der Waals surface area contributed by atoms with Gasteiger partial charge in [0.2, 0.25) is 0 Å². The highest BCUT2D eigenvalue weighted by molar-refractivity contribution is 7.20. The summed E-state index contributed by atoms with van der Waals surface area (Å²) in [5.74, 6) is -0.538. The van der Waals surface area contributed by atoms with Gasteiger partial charge in [-0.05, 0) is 228 Å². The summed E-state index contributed by atoms with van der Waals surface area (Å²) in [5.41, 5.74) is 24.8. The highest BCUT2D eigenvalue weighted by Crippen LogP contribution is 2.54. The average Bonchev–Trinajstić information content (AvgIpc) is 1.72. The molecular formula is C109H86F2N2Si2. The van der Waals surface area contributed by atoms with E-state index in [1.54, 1.807) is 24.3 Å². The number of nitrogens with zero attached hydrogens (tertiary/aromatic N) is 2. The summed E-state index contributed by atoms with van der Waals surface area (Å²) in [7, 11) is -5.55. The Hall–Kier alpha value is -13.1. The van der Waals surface area contributed by atoms with Crippen molar-refractivity contribution in [3.8, 4) is 33.4 Å². The van der Waals surface area contributed by atoms with Gasteiger partial charge in [-0.15, -0.1) is 0 Å². The van der Waals surface area contributed by atoms with Gasteiger partial charge in [0.25, 0.3) is 0 Å². The smallest absolute Gasteiger partial charge is 0.179 e. The highest BCUT2D eigenvalue weighted by Gasteiger charge is 2.45. The summed E-state index contributed by atoms with van der Waals surface area (Å²) in [6.45, 7) is 14.1. The summed E-state index contributed by atoms with van der Waals surface area (Å²) < 4.78 is 29.7. The van der Waals surface area contributed by atoms with Gasteiger partial charge >= 0.3 is 0 Å². The maximum absolute atomic E-state index is 14.8. The van der Waals surface area contributed by atoms with Gasteiger partial charge in [0, 0.05) is 50.4 Å². The van der Waals surface area contributed by atoms with E-state index in [1.165, 1.54) is 108 Å². The number of fused-ring (bicyclic) bond motifs is 9. The lowest BCUT2D eigenvalue weighted by Gasteiger charge is -2.35. The molecule has 115 heavy (non-hydrogen) atoms. The topological polar surface area (TPSA) is 6.48 Å². The third-order valence-corrected chi connectivity index (χ3v) is 34.7. The van der Waals surface area contributed by atoms with E-state index in [1.807, 2.05) is 24.3 Å². The first-order chi connectivity index (χ1) is 56.1. The number of rotatable bonds is 18. The molecule has 0 spiro atoms. The van der Waals surface area contributed by atoms with E-state index in [-0.39, 0.29) is 27.9 Å². The maximum Gasteiger partial charge on any atom is 0.179 e. The van der Waals surface area contributed by atoms with Crippen molar-refractivity contribution in [2.45, 2.75) is 57.8 Å². The number of hydrogen-bond acceptors (Lipinski definition) is 2. The van der Waals surface area contributed by atoms with Crippen LogP contribution >= 0.6 is 0 Å². The molecule has 2 nitrogen and oxygen atoms in total. The molecule has 0 heterocycles. The van der Waals surface area contributed by atoms with Gasteiger partial charge in [-0.2, -0.15) is 0 Å². The van der Waals surface area contributed by atoms with Gasteiger partial charge in [0.05, 0.1) is 0 Å². The fourth-order valence-corrected chi connectivity index (χ4v) is 28.7. The Labute approximate surface area is 676 Å². The zero-order chi connectivity index (χ0) is 78.2. The number of anilines is 6. The fourth-order valence-electron chi connectivity index (χ4n) is 19.3. The molecule has 0 fully saturated rings. The molecule has 0 saturated carbocycles. The van der Waals surface area contributed by atoms with E-state index >= 15 is 0 Å². The van der Waals surface area contributed by atoms with E-state index < -0.39 is 16.1 Å². The lowest BCUT2D eigenvalue weighted by molar-refractivity contribution is 0.627. The molecule has 0 atom stereocenters. The quantitative estimate of drug-likeness (QED) is 0.0480. The predicted molar refractivity (Wildman–Crippen MR) is 486 cm³/mol. The van der Waals surface area contributed by atoms with Gasteiger partial charge in [0.1, 0.15) is 11.6 Å². The van der Waals surface area contributed by atoms with Crippen LogP contribution in [0.5, 0.6) is 0 Å². The highest BCUT2D eigenvalue weighted by atomic mass is 28.3. The van der Waals surface area contributed by atoms with Crippen LogP contribution in [0.2, 0.25) is 0 Å². The fraction of sp³-hybridized carbons (Fsp3) is 0.0826. The van der Waals surface area contributed by atoms with Crippen LogP contribution in [0.15, 0.2) is 388 Å². The van der Waals surface area contributed by atoms with Crippen LogP contribution < -0.4 is 51.3 Å². The van der Waals surface area contributed by atoms with E-state index in [0.29, 0.717) is 0 Å². The van der Waals surface area contributed by atoms with E-state index in [0.717, 1.165) is 56.4 Å². The van der Waals surface area contributed by atoms with Gasteiger partial charge < -0.3 is 9.80 Å². The minimum Gasteiger partial charge on any atom is -0.310 e.